The molecular weight excluding hydrogens is 571 g/mol. The van der Waals surface area contributed by atoms with Crippen molar-refractivity contribution < 1.29 is 23.9 Å². The first-order valence-electron chi connectivity index (χ1n) is 10.9. The van der Waals surface area contributed by atoms with Crippen LogP contribution in [0.2, 0.25) is 10.0 Å². The van der Waals surface area contributed by atoms with Gasteiger partial charge in [0.2, 0.25) is 5.91 Å². The second kappa shape index (κ2) is 9.35. The lowest BCUT2D eigenvalue weighted by Crippen LogP contribution is -2.30. The van der Waals surface area contributed by atoms with Crippen molar-refractivity contribution in [2.45, 2.75) is 13.3 Å². The Kier molecular flexibility index (Phi) is 6.36. The molecule has 5 rings (SSSR count). The van der Waals surface area contributed by atoms with Crippen molar-refractivity contribution in [2.24, 2.45) is 5.92 Å². The Bertz CT molecular complexity index is 1470. The average molecular weight is 588 g/mol. The van der Waals surface area contributed by atoms with Crippen molar-refractivity contribution in [3.05, 3.63) is 85.8 Å². The number of carbonyl (C=O) groups excluding carboxylic acids is 4. The van der Waals surface area contributed by atoms with Crippen LogP contribution in [0, 0.1) is 12.8 Å². The maximum Gasteiger partial charge on any atom is 0.316 e. The lowest BCUT2D eigenvalue weighted by atomic mass is 10.1. The summed E-state index contributed by atoms with van der Waals surface area (Å²) >= 11 is 15.6. The Morgan fingerprint density at radius 2 is 1.69 bits per heavy atom. The third-order valence-electron chi connectivity index (χ3n) is 6.13. The van der Waals surface area contributed by atoms with E-state index in [1.54, 1.807) is 55.5 Å². The zero-order chi connectivity index (χ0) is 25.7. The van der Waals surface area contributed by atoms with Crippen LogP contribution in [0.3, 0.4) is 0 Å². The molecule has 0 N–H and O–H groups in total. The van der Waals surface area contributed by atoms with Crippen molar-refractivity contribution in [3.63, 3.8) is 0 Å². The molecule has 1 fully saturated rings. The van der Waals surface area contributed by atoms with Crippen LogP contribution in [0.4, 0.5) is 11.4 Å². The van der Waals surface area contributed by atoms with Gasteiger partial charge in [-0.05, 0) is 67.1 Å². The van der Waals surface area contributed by atoms with E-state index >= 15 is 0 Å². The monoisotopic (exact) mass is 586 g/mol. The van der Waals surface area contributed by atoms with Gasteiger partial charge < -0.3 is 9.64 Å². The lowest BCUT2D eigenvalue weighted by molar-refractivity contribution is -0.139. The number of carbonyl (C=O) groups is 4. The van der Waals surface area contributed by atoms with Gasteiger partial charge in [-0.1, -0.05) is 39.1 Å². The van der Waals surface area contributed by atoms with Crippen LogP contribution in [0.25, 0.3) is 0 Å². The molecule has 0 unspecified atom stereocenters. The molecule has 0 spiro atoms. The molecular formula is C26H17BrCl2N2O5. The van der Waals surface area contributed by atoms with Gasteiger partial charge in [0.25, 0.3) is 11.8 Å². The molecule has 1 saturated heterocycles. The fraction of sp³-hybridized carbons (Fsp3) is 0.154. The number of hydrogen-bond donors (Lipinski definition) is 0. The fourth-order valence-corrected chi connectivity index (χ4v) is 5.11. The van der Waals surface area contributed by atoms with E-state index in [1.165, 1.54) is 11.0 Å². The predicted octanol–water partition coefficient (Wildman–Crippen LogP) is 5.82. The first-order valence-corrected chi connectivity index (χ1v) is 12.4. The maximum atomic E-state index is 12.9. The highest BCUT2D eigenvalue weighted by atomic mass is 79.9. The largest absolute Gasteiger partial charge is 0.426 e. The third kappa shape index (κ3) is 4.30. The van der Waals surface area contributed by atoms with E-state index in [-0.39, 0.29) is 24.6 Å². The Hall–Kier alpha value is -3.20. The van der Waals surface area contributed by atoms with E-state index in [0.717, 1.165) is 4.90 Å². The zero-order valence-electron chi connectivity index (χ0n) is 18.8. The van der Waals surface area contributed by atoms with Gasteiger partial charge in [0.05, 0.1) is 33.4 Å². The molecule has 3 amide bonds. The van der Waals surface area contributed by atoms with E-state index in [2.05, 4.69) is 15.9 Å². The topological polar surface area (TPSA) is 84.0 Å². The maximum absolute atomic E-state index is 12.9. The van der Waals surface area contributed by atoms with Crippen LogP contribution in [0.1, 0.15) is 32.7 Å². The van der Waals surface area contributed by atoms with Crippen molar-refractivity contribution in [3.8, 4) is 5.75 Å². The van der Waals surface area contributed by atoms with Gasteiger partial charge in [0.15, 0.2) is 0 Å². The number of imide groups is 1. The number of benzene rings is 3. The number of amides is 3. The van der Waals surface area contributed by atoms with Gasteiger partial charge in [-0.2, -0.15) is 0 Å². The zero-order valence-corrected chi connectivity index (χ0v) is 21.9. The Morgan fingerprint density at radius 3 is 2.44 bits per heavy atom. The van der Waals surface area contributed by atoms with Crippen molar-refractivity contribution in [2.75, 3.05) is 16.3 Å². The third-order valence-corrected chi connectivity index (χ3v) is 7.18. The van der Waals surface area contributed by atoms with Crippen molar-refractivity contribution >= 4 is 74.2 Å². The molecule has 7 nitrogen and oxygen atoms in total. The van der Waals surface area contributed by atoms with Gasteiger partial charge in [0.1, 0.15) is 5.75 Å². The highest BCUT2D eigenvalue weighted by Crippen LogP contribution is 2.36. The normalized spacial score (nSPS) is 17.1. The van der Waals surface area contributed by atoms with E-state index in [4.69, 9.17) is 27.9 Å². The van der Waals surface area contributed by atoms with E-state index < -0.39 is 23.7 Å². The molecule has 2 aliphatic heterocycles. The Labute approximate surface area is 224 Å². The van der Waals surface area contributed by atoms with Crippen LogP contribution in [0.15, 0.2) is 59.1 Å². The number of esters is 1. The molecule has 182 valence electrons. The van der Waals surface area contributed by atoms with Gasteiger partial charge in [-0.15, -0.1) is 0 Å². The van der Waals surface area contributed by atoms with Gasteiger partial charge in [-0.3, -0.25) is 19.2 Å². The number of halogens is 3. The van der Waals surface area contributed by atoms with Gasteiger partial charge in [-0.25, -0.2) is 4.90 Å². The lowest BCUT2D eigenvalue weighted by Gasteiger charge is -2.19. The van der Waals surface area contributed by atoms with Crippen LogP contribution in [-0.4, -0.2) is 30.2 Å². The smallest absolute Gasteiger partial charge is 0.316 e. The van der Waals surface area contributed by atoms with E-state index in [9.17, 15) is 19.2 Å². The summed E-state index contributed by atoms with van der Waals surface area (Å²) in [6, 6.07) is 14.4. The first-order chi connectivity index (χ1) is 17.1. The molecule has 0 saturated carbocycles. The molecule has 0 radical (unpaired) electrons. The first kappa shape index (κ1) is 24.5. The molecule has 1 atom stereocenters. The minimum absolute atomic E-state index is 0.0245. The minimum Gasteiger partial charge on any atom is -0.426 e. The van der Waals surface area contributed by atoms with Crippen molar-refractivity contribution in [1.82, 2.24) is 0 Å². The Balaban J connectivity index is 1.31. The van der Waals surface area contributed by atoms with Crippen LogP contribution in [-0.2, 0) is 9.59 Å². The quantitative estimate of drug-likeness (QED) is 0.218. The van der Waals surface area contributed by atoms with Crippen LogP contribution >= 0.6 is 39.1 Å². The highest BCUT2D eigenvalue weighted by Gasteiger charge is 2.39. The molecule has 0 aliphatic carbocycles. The molecule has 0 aromatic heterocycles. The minimum atomic E-state index is -0.692. The fourth-order valence-electron chi connectivity index (χ4n) is 4.36. The molecule has 2 heterocycles. The number of anilines is 2. The Morgan fingerprint density at radius 1 is 0.944 bits per heavy atom. The molecule has 10 heteroatoms. The molecule has 36 heavy (non-hydrogen) atoms. The predicted molar refractivity (Wildman–Crippen MR) is 139 cm³/mol. The number of ether oxygens (including phenoxy) is 1. The van der Waals surface area contributed by atoms with Gasteiger partial charge in [0, 0.05) is 22.5 Å². The molecule has 3 aromatic carbocycles. The molecule has 3 aromatic rings. The van der Waals surface area contributed by atoms with E-state index in [1.807, 2.05) is 0 Å². The van der Waals surface area contributed by atoms with Crippen LogP contribution < -0.4 is 14.5 Å². The summed E-state index contributed by atoms with van der Waals surface area (Å²) in [6.07, 6.45) is -0.0245. The number of hydrogen-bond acceptors (Lipinski definition) is 5. The highest BCUT2D eigenvalue weighted by molar-refractivity contribution is 9.10. The summed E-state index contributed by atoms with van der Waals surface area (Å²) in [5.74, 6) is -2.12. The summed E-state index contributed by atoms with van der Waals surface area (Å²) in [4.78, 5) is 53.7. The molecule has 2 aliphatic rings. The number of rotatable bonds is 4. The molecule has 0 bridgehead atoms. The number of nitrogens with zero attached hydrogens (tertiary/aromatic N) is 2. The summed E-state index contributed by atoms with van der Waals surface area (Å²) in [5, 5.41) is 0.781. The second-order valence-electron chi connectivity index (χ2n) is 8.51. The summed E-state index contributed by atoms with van der Waals surface area (Å²) in [5.41, 5.74) is 2.06. The standard InChI is InChI=1S/C26H17BrCl2N2O5/c1-13-8-17(4-7-21(13)31-24(33)18-5-2-15(27)10-19(18)25(31)34)36-26(35)14-9-23(32)30(12-14)22-11-16(28)3-6-20(22)29/h2-8,10-11,14H,9,12H2,1H3/t14-/m0/s1. The summed E-state index contributed by atoms with van der Waals surface area (Å²) < 4.78 is 6.24. The van der Waals surface area contributed by atoms with Crippen molar-refractivity contribution in [1.29, 1.82) is 0 Å². The van der Waals surface area contributed by atoms with Crippen LogP contribution in [0.5, 0.6) is 5.75 Å². The van der Waals surface area contributed by atoms with E-state index in [0.29, 0.717) is 42.6 Å². The SMILES string of the molecule is Cc1cc(OC(=O)[C@H]2CC(=O)N(c3cc(Cl)ccc3Cl)C2)ccc1N1C(=O)c2ccc(Br)cc2C1=O. The average Bonchev–Trinajstić information content (AvgIpc) is 3.33. The summed E-state index contributed by atoms with van der Waals surface area (Å²) in [6.45, 7) is 1.83. The number of fused-ring (bicyclic) bond motifs is 1. The second-order valence-corrected chi connectivity index (χ2v) is 10.3. The number of aryl methyl sites for hydroxylation is 1. The summed E-state index contributed by atoms with van der Waals surface area (Å²) in [7, 11) is 0. The van der Waals surface area contributed by atoms with Gasteiger partial charge >= 0.3 is 5.97 Å².